The number of ether oxygens (including phenoxy) is 2. The van der Waals surface area contributed by atoms with Gasteiger partial charge >= 0.3 is 6.18 Å². The number of nitrogens with zero attached hydrogens (tertiary/aromatic N) is 1. The van der Waals surface area contributed by atoms with E-state index in [1.807, 2.05) is 11.9 Å². The number of methoxy groups -OCH3 is 1. The predicted molar refractivity (Wildman–Crippen MR) is 116 cm³/mol. The molecule has 0 saturated carbocycles. The molecule has 32 heavy (non-hydrogen) atoms. The molecule has 0 amide bonds. The number of alkyl halides is 3. The minimum Gasteiger partial charge on any atom is -0.496 e. The van der Waals surface area contributed by atoms with Gasteiger partial charge in [-0.15, -0.1) is 0 Å². The minimum atomic E-state index is -4.63. The van der Waals surface area contributed by atoms with Crippen LogP contribution in [0.25, 0.3) is 0 Å². The molecular weight excluding hydrogens is 445 g/mol. The van der Waals surface area contributed by atoms with Gasteiger partial charge in [0.15, 0.2) is 0 Å². The summed E-state index contributed by atoms with van der Waals surface area (Å²) in [6, 6.07) is 4.65. The third-order valence-electron chi connectivity index (χ3n) is 5.65. The van der Waals surface area contributed by atoms with Crippen LogP contribution in [0.1, 0.15) is 28.7 Å². The lowest BCUT2D eigenvalue weighted by molar-refractivity contribution is -0.139. The lowest BCUT2D eigenvalue weighted by Crippen LogP contribution is -2.23. The topological polar surface area (TPSA) is 67.9 Å². The van der Waals surface area contributed by atoms with E-state index in [1.54, 1.807) is 26.8 Å². The van der Waals surface area contributed by atoms with Crippen molar-refractivity contribution in [3.63, 3.8) is 0 Å². The Labute approximate surface area is 186 Å². The molecule has 1 aliphatic heterocycles. The van der Waals surface area contributed by atoms with Gasteiger partial charge in [-0.2, -0.15) is 13.2 Å². The molecule has 1 fully saturated rings. The molecule has 2 aromatic rings. The summed E-state index contributed by atoms with van der Waals surface area (Å²) in [5, 5.41) is 0. The Hall–Kier alpha value is -2.46. The molecule has 176 valence electrons. The first kappa shape index (κ1) is 24.2. The van der Waals surface area contributed by atoms with Gasteiger partial charge in [0, 0.05) is 19.2 Å². The van der Waals surface area contributed by atoms with Crippen molar-refractivity contribution in [2.45, 2.75) is 44.4 Å². The van der Waals surface area contributed by atoms with Crippen LogP contribution < -0.4 is 14.2 Å². The molecule has 0 spiro atoms. The number of anilines is 1. The van der Waals surface area contributed by atoms with E-state index in [9.17, 15) is 21.6 Å². The molecule has 3 rings (SSSR count). The summed E-state index contributed by atoms with van der Waals surface area (Å²) in [5.41, 5.74) is 0.691. The first-order valence-corrected chi connectivity index (χ1v) is 11.6. The van der Waals surface area contributed by atoms with Gasteiger partial charge in [0.2, 0.25) is 0 Å². The molecule has 1 atom stereocenters. The summed E-state index contributed by atoms with van der Waals surface area (Å²) in [7, 11) is -0.713. The van der Waals surface area contributed by atoms with Crippen LogP contribution in [-0.4, -0.2) is 46.7 Å². The summed E-state index contributed by atoms with van der Waals surface area (Å²) in [6.45, 7) is 6.26. The summed E-state index contributed by atoms with van der Waals surface area (Å²) >= 11 is 0. The lowest BCUT2D eigenvalue weighted by atomic mass is 10.1. The highest BCUT2D eigenvalue weighted by molar-refractivity contribution is 7.92. The number of hydrogen-bond donors (Lipinski definition) is 1. The number of likely N-dealkylation sites (N-methyl/N-ethyl adjacent to an activating group) is 1. The zero-order chi connectivity index (χ0) is 23.8. The molecule has 1 N–H and O–H groups in total. The van der Waals surface area contributed by atoms with E-state index < -0.39 is 33.6 Å². The Morgan fingerprint density at radius 3 is 2.34 bits per heavy atom. The molecule has 1 saturated heterocycles. The van der Waals surface area contributed by atoms with Gasteiger partial charge in [-0.1, -0.05) is 0 Å². The van der Waals surface area contributed by atoms with Crippen LogP contribution in [0.2, 0.25) is 0 Å². The van der Waals surface area contributed by atoms with E-state index in [1.165, 1.54) is 7.11 Å². The second-order valence-corrected chi connectivity index (χ2v) is 9.70. The predicted octanol–water partition coefficient (Wildman–Crippen LogP) is 4.52. The fourth-order valence-corrected chi connectivity index (χ4v) is 5.52. The number of hydrogen-bond acceptors (Lipinski definition) is 5. The van der Waals surface area contributed by atoms with E-state index in [4.69, 9.17) is 9.47 Å². The second kappa shape index (κ2) is 8.82. The van der Waals surface area contributed by atoms with Gasteiger partial charge in [0.1, 0.15) is 17.6 Å². The van der Waals surface area contributed by atoms with Crippen molar-refractivity contribution in [2.75, 3.05) is 32.0 Å². The molecule has 1 unspecified atom stereocenters. The zero-order valence-electron chi connectivity index (χ0n) is 18.6. The molecule has 0 radical (unpaired) electrons. The van der Waals surface area contributed by atoms with Crippen LogP contribution >= 0.6 is 0 Å². The SMILES string of the molecule is COc1cc(C)c(S(=O)(=O)Nc2ccc(C(F)(F)F)c(OC3CCN(C)C3)c2)c(C)c1C. The fraction of sp³-hybridized carbons (Fsp3) is 0.455. The quantitative estimate of drug-likeness (QED) is 0.670. The van der Waals surface area contributed by atoms with E-state index in [-0.39, 0.29) is 10.6 Å². The summed E-state index contributed by atoms with van der Waals surface area (Å²) in [6.07, 6.45) is -4.44. The van der Waals surface area contributed by atoms with Crippen molar-refractivity contribution in [1.82, 2.24) is 4.90 Å². The maximum Gasteiger partial charge on any atom is 0.419 e. The van der Waals surface area contributed by atoms with Crippen LogP contribution in [0.5, 0.6) is 11.5 Å². The Morgan fingerprint density at radius 2 is 1.78 bits per heavy atom. The Balaban J connectivity index is 1.98. The van der Waals surface area contributed by atoms with Crippen LogP contribution in [-0.2, 0) is 16.2 Å². The average molecular weight is 473 g/mol. The van der Waals surface area contributed by atoms with Gasteiger partial charge in [-0.25, -0.2) is 8.42 Å². The summed E-state index contributed by atoms with van der Waals surface area (Å²) < 4.78 is 80.2. The fourth-order valence-electron chi connectivity index (χ4n) is 3.94. The maximum atomic E-state index is 13.5. The van der Waals surface area contributed by atoms with Gasteiger partial charge < -0.3 is 14.4 Å². The molecule has 0 aliphatic carbocycles. The Kier molecular flexibility index (Phi) is 6.67. The monoisotopic (exact) mass is 472 g/mol. The van der Waals surface area contributed by atoms with Crippen LogP contribution in [0, 0.1) is 20.8 Å². The molecule has 1 heterocycles. The standard InChI is InChI=1S/C22H27F3N2O4S/c1-13-10-19(30-5)14(2)15(3)21(13)32(28,29)26-16-6-7-18(22(23,24)25)20(11-16)31-17-8-9-27(4)12-17/h6-7,10-11,17,26H,8-9,12H2,1-5H3. The Bertz CT molecular complexity index is 1120. The number of nitrogens with one attached hydrogen (secondary N) is 1. The van der Waals surface area contributed by atoms with Gasteiger partial charge in [0.05, 0.1) is 23.3 Å². The second-order valence-electron chi connectivity index (χ2n) is 8.08. The third kappa shape index (κ3) is 4.96. The highest BCUT2D eigenvalue weighted by atomic mass is 32.2. The van der Waals surface area contributed by atoms with E-state index in [2.05, 4.69) is 4.72 Å². The van der Waals surface area contributed by atoms with Crippen LogP contribution in [0.4, 0.5) is 18.9 Å². The van der Waals surface area contributed by atoms with Crippen LogP contribution in [0.3, 0.4) is 0 Å². The smallest absolute Gasteiger partial charge is 0.419 e. The van der Waals surface area contributed by atoms with E-state index in [0.29, 0.717) is 42.0 Å². The van der Waals surface area contributed by atoms with Crippen molar-refractivity contribution >= 4 is 15.7 Å². The van der Waals surface area contributed by atoms with E-state index in [0.717, 1.165) is 18.2 Å². The largest absolute Gasteiger partial charge is 0.496 e. The molecule has 1 aliphatic rings. The van der Waals surface area contributed by atoms with Crippen molar-refractivity contribution in [1.29, 1.82) is 0 Å². The van der Waals surface area contributed by atoms with Gasteiger partial charge in [-0.05, 0) is 69.1 Å². The number of rotatable bonds is 6. The number of aryl methyl sites for hydroxylation is 1. The molecule has 0 bridgehead atoms. The third-order valence-corrected chi connectivity index (χ3v) is 7.32. The number of halogens is 3. The Morgan fingerprint density at radius 1 is 1.09 bits per heavy atom. The molecule has 2 aromatic carbocycles. The highest BCUT2D eigenvalue weighted by Gasteiger charge is 2.36. The summed E-state index contributed by atoms with van der Waals surface area (Å²) in [4.78, 5) is 2.03. The number of sulfonamides is 1. The lowest BCUT2D eigenvalue weighted by Gasteiger charge is -2.20. The maximum absolute atomic E-state index is 13.5. The first-order chi connectivity index (χ1) is 14.8. The first-order valence-electron chi connectivity index (χ1n) is 10.1. The van der Waals surface area contributed by atoms with Crippen molar-refractivity contribution < 1.29 is 31.1 Å². The average Bonchev–Trinajstić information content (AvgIpc) is 3.08. The number of benzene rings is 2. The highest BCUT2D eigenvalue weighted by Crippen LogP contribution is 2.39. The van der Waals surface area contributed by atoms with E-state index >= 15 is 0 Å². The zero-order valence-corrected chi connectivity index (χ0v) is 19.4. The number of likely N-dealkylation sites (tertiary alicyclic amines) is 1. The normalized spacial score (nSPS) is 17.4. The molecule has 10 heteroatoms. The summed E-state index contributed by atoms with van der Waals surface area (Å²) in [5.74, 6) is 0.169. The molecule has 0 aromatic heterocycles. The van der Waals surface area contributed by atoms with Crippen molar-refractivity contribution in [3.8, 4) is 11.5 Å². The van der Waals surface area contributed by atoms with Crippen molar-refractivity contribution in [3.05, 3.63) is 46.5 Å². The minimum absolute atomic E-state index is 0.00776. The van der Waals surface area contributed by atoms with Crippen LogP contribution in [0.15, 0.2) is 29.2 Å². The molecule has 6 nitrogen and oxygen atoms in total. The van der Waals surface area contributed by atoms with Crippen molar-refractivity contribution in [2.24, 2.45) is 0 Å². The van der Waals surface area contributed by atoms with Gasteiger partial charge in [-0.3, -0.25) is 4.72 Å². The molecular formula is C22H27F3N2O4S. The van der Waals surface area contributed by atoms with Gasteiger partial charge in [0.25, 0.3) is 10.0 Å².